The van der Waals surface area contributed by atoms with E-state index in [2.05, 4.69) is 20.6 Å². The fraction of sp³-hybridized carbons (Fsp3) is 0.143. The lowest BCUT2D eigenvalue weighted by molar-refractivity contribution is -0.120. The summed E-state index contributed by atoms with van der Waals surface area (Å²) in [5.41, 5.74) is 2.34. The molecule has 0 bridgehead atoms. The molecule has 2 aromatic carbocycles. The Balaban J connectivity index is 1.35. The number of fused-ring (bicyclic) bond motifs is 1. The van der Waals surface area contributed by atoms with Crippen molar-refractivity contribution < 1.29 is 4.79 Å². The highest BCUT2D eigenvalue weighted by atomic mass is 16.1. The highest BCUT2D eigenvalue weighted by Gasteiger charge is 2.10. The van der Waals surface area contributed by atoms with Crippen molar-refractivity contribution in [3.05, 3.63) is 88.6 Å². The lowest BCUT2D eigenvalue weighted by atomic mass is 10.1. The van der Waals surface area contributed by atoms with E-state index in [-0.39, 0.29) is 17.9 Å². The molecule has 0 radical (unpaired) electrons. The van der Waals surface area contributed by atoms with Crippen molar-refractivity contribution in [2.75, 3.05) is 6.54 Å². The fourth-order valence-electron chi connectivity index (χ4n) is 3.08. The monoisotopic (exact) mass is 373 g/mol. The van der Waals surface area contributed by atoms with Gasteiger partial charge < -0.3 is 5.32 Å². The third-order valence-electron chi connectivity index (χ3n) is 4.50. The Morgan fingerprint density at radius 2 is 1.79 bits per heavy atom. The minimum absolute atomic E-state index is 0.112. The average Bonchev–Trinajstić information content (AvgIpc) is 3.20. The van der Waals surface area contributed by atoms with Crippen LogP contribution < -0.4 is 10.9 Å². The van der Waals surface area contributed by atoms with E-state index in [1.807, 2.05) is 47.3 Å². The number of aromatic nitrogens is 4. The quantitative estimate of drug-likeness (QED) is 0.541. The van der Waals surface area contributed by atoms with Gasteiger partial charge >= 0.3 is 0 Å². The number of hydrogen-bond donors (Lipinski definition) is 2. The number of nitrogens with zero attached hydrogens (tertiary/aromatic N) is 3. The summed E-state index contributed by atoms with van der Waals surface area (Å²) < 4.78 is 1.81. The summed E-state index contributed by atoms with van der Waals surface area (Å²) >= 11 is 0. The van der Waals surface area contributed by atoms with Gasteiger partial charge in [0.25, 0.3) is 5.56 Å². The number of carbonyl (C=O) groups excluding carboxylic acids is 1. The number of hydrogen-bond acceptors (Lipinski definition) is 4. The van der Waals surface area contributed by atoms with Crippen LogP contribution >= 0.6 is 0 Å². The second kappa shape index (κ2) is 7.87. The third kappa shape index (κ3) is 3.83. The number of carbonyl (C=O) groups is 1. The predicted octanol–water partition coefficient (Wildman–Crippen LogP) is 2.01. The van der Waals surface area contributed by atoms with Crippen LogP contribution in [0.3, 0.4) is 0 Å². The fourth-order valence-corrected chi connectivity index (χ4v) is 3.08. The molecule has 4 rings (SSSR count). The van der Waals surface area contributed by atoms with Gasteiger partial charge in [-0.1, -0.05) is 36.4 Å². The van der Waals surface area contributed by atoms with E-state index < -0.39 is 0 Å². The second-order valence-electron chi connectivity index (χ2n) is 6.45. The van der Waals surface area contributed by atoms with Crippen LogP contribution in [0.5, 0.6) is 0 Å². The van der Waals surface area contributed by atoms with Crippen molar-refractivity contribution >= 4 is 16.7 Å². The topological polar surface area (TPSA) is 92.7 Å². The maximum absolute atomic E-state index is 12.3. The summed E-state index contributed by atoms with van der Waals surface area (Å²) in [5, 5.41) is 15.0. The Morgan fingerprint density at radius 3 is 2.61 bits per heavy atom. The normalized spacial score (nSPS) is 10.9. The maximum atomic E-state index is 12.3. The van der Waals surface area contributed by atoms with E-state index in [1.54, 1.807) is 24.4 Å². The molecular weight excluding hydrogens is 354 g/mol. The first-order chi connectivity index (χ1) is 13.7. The number of para-hydroxylation sites is 1. The Bertz CT molecular complexity index is 1160. The van der Waals surface area contributed by atoms with E-state index in [4.69, 9.17) is 0 Å². The summed E-state index contributed by atoms with van der Waals surface area (Å²) in [6.45, 7) is 0.501. The molecule has 2 aromatic heterocycles. The Morgan fingerprint density at radius 1 is 1.04 bits per heavy atom. The Kier molecular flexibility index (Phi) is 4.97. The Labute approximate surface area is 161 Å². The summed E-state index contributed by atoms with van der Waals surface area (Å²) in [7, 11) is 0. The molecule has 0 saturated heterocycles. The summed E-state index contributed by atoms with van der Waals surface area (Å²) in [4.78, 5) is 24.1. The van der Waals surface area contributed by atoms with Crippen LogP contribution in [0.15, 0.2) is 71.8 Å². The first kappa shape index (κ1) is 17.7. The van der Waals surface area contributed by atoms with Crippen LogP contribution in [0.25, 0.3) is 16.5 Å². The third-order valence-corrected chi connectivity index (χ3v) is 4.50. The van der Waals surface area contributed by atoms with E-state index in [1.165, 1.54) is 0 Å². The number of rotatable bonds is 6. The lowest BCUT2D eigenvalue weighted by Gasteiger charge is -2.06. The number of aromatic amines is 1. The van der Waals surface area contributed by atoms with Gasteiger partial charge in [0.2, 0.25) is 5.91 Å². The number of benzene rings is 2. The first-order valence-corrected chi connectivity index (χ1v) is 9.03. The molecule has 0 fully saturated rings. The standard InChI is InChI=1S/C21H19N5O2/c27-20(12-19-17-8-4-5-9-18(17)21(28)25-24-19)22-11-10-15-13-23-26(14-15)16-6-2-1-3-7-16/h1-9,13-14H,10-12H2,(H,22,27)(H,25,28). The molecule has 0 atom stereocenters. The Hall–Kier alpha value is -3.74. The zero-order chi connectivity index (χ0) is 19.3. The lowest BCUT2D eigenvalue weighted by Crippen LogP contribution is -2.28. The molecule has 140 valence electrons. The molecule has 7 nitrogen and oxygen atoms in total. The van der Waals surface area contributed by atoms with Gasteiger partial charge in [-0.3, -0.25) is 9.59 Å². The van der Waals surface area contributed by atoms with Crippen LogP contribution in [-0.4, -0.2) is 32.4 Å². The van der Waals surface area contributed by atoms with Crippen molar-refractivity contribution in [1.82, 2.24) is 25.3 Å². The maximum Gasteiger partial charge on any atom is 0.272 e. The van der Waals surface area contributed by atoms with Gasteiger partial charge in [-0.2, -0.15) is 10.2 Å². The molecule has 0 spiro atoms. The second-order valence-corrected chi connectivity index (χ2v) is 6.45. The molecule has 2 N–H and O–H groups in total. The molecule has 7 heteroatoms. The minimum Gasteiger partial charge on any atom is -0.355 e. The van der Waals surface area contributed by atoms with Crippen LogP contribution in [0.4, 0.5) is 0 Å². The van der Waals surface area contributed by atoms with Gasteiger partial charge in [-0.05, 0) is 30.2 Å². The van der Waals surface area contributed by atoms with Crippen molar-refractivity contribution in [3.8, 4) is 5.69 Å². The van der Waals surface area contributed by atoms with Gasteiger partial charge in [0.05, 0.1) is 29.4 Å². The molecule has 0 aliphatic carbocycles. The van der Waals surface area contributed by atoms with Crippen molar-refractivity contribution in [2.45, 2.75) is 12.8 Å². The van der Waals surface area contributed by atoms with Crippen LogP contribution in [-0.2, 0) is 17.6 Å². The summed E-state index contributed by atoms with van der Waals surface area (Å²) in [5.74, 6) is -0.139. The highest BCUT2D eigenvalue weighted by molar-refractivity contribution is 5.88. The number of nitrogens with one attached hydrogen (secondary N) is 2. The van der Waals surface area contributed by atoms with E-state index >= 15 is 0 Å². The summed E-state index contributed by atoms with van der Waals surface area (Å²) in [6, 6.07) is 17.0. The van der Waals surface area contributed by atoms with Crippen LogP contribution in [0.2, 0.25) is 0 Å². The minimum atomic E-state index is -0.254. The number of H-pyrrole nitrogens is 1. The molecule has 0 unspecified atom stereocenters. The average molecular weight is 373 g/mol. The smallest absolute Gasteiger partial charge is 0.272 e. The highest BCUT2D eigenvalue weighted by Crippen LogP contribution is 2.13. The molecule has 0 saturated carbocycles. The van der Waals surface area contributed by atoms with Crippen LogP contribution in [0.1, 0.15) is 11.3 Å². The van der Waals surface area contributed by atoms with E-state index in [9.17, 15) is 9.59 Å². The van der Waals surface area contributed by atoms with E-state index in [0.29, 0.717) is 29.4 Å². The summed E-state index contributed by atoms with van der Waals surface area (Å²) in [6.07, 6.45) is 4.55. The van der Waals surface area contributed by atoms with Gasteiger partial charge in [0, 0.05) is 18.1 Å². The van der Waals surface area contributed by atoms with Gasteiger partial charge in [0.1, 0.15) is 0 Å². The molecule has 28 heavy (non-hydrogen) atoms. The van der Waals surface area contributed by atoms with Gasteiger partial charge in [0.15, 0.2) is 0 Å². The van der Waals surface area contributed by atoms with Crippen molar-refractivity contribution in [1.29, 1.82) is 0 Å². The molecule has 4 aromatic rings. The predicted molar refractivity (Wildman–Crippen MR) is 106 cm³/mol. The van der Waals surface area contributed by atoms with Crippen molar-refractivity contribution in [2.24, 2.45) is 0 Å². The molecule has 0 aliphatic heterocycles. The van der Waals surface area contributed by atoms with Crippen LogP contribution in [0, 0.1) is 0 Å². The first-order valence-electron chi connectivity index (χ1n) is 9.03. The molecule has 0 aliphatic rings. The largest absolute Gasteiger partial charge is 0.355 e. The van der Waals surface area contributed by atoms with Gasteiger partial charge in [-0.25, -0.2) is 9.78 Å². The number of amides is 1. The zero-order valence-electron chi connectivity index (χ0n) is 15.1. The molecule has 2 heterocycles. The van der Waals surface area contributed by atoms with Crippen molar-refractivity contribution in [3.63, 3.8) is 0 Å². The SMILES string of the molecule is O=C(Cc1n[nH]c(=O)c2ccccc12)NCCc1cnn(-c2ccccc2)c1. The zero-order valence-corrected chi connectivity index (χ0v) is 15.1. The molecular formula is C21H19N5O2. The van der Waals surface area contributed by atoms with E-state index in [0.717, 1.165) is 11.3 Å². The molecule has 1 amide bonds. The van der Waals surface area contributed by atoms with Gasteiger partial charge in [-0.15, -0.1) is 0 Å².